The molecule has 0 saturated carbocycles. The summed E-state index contributed by atoms with van der Waals surface area (Å²) >= 11 is 0. The molecule has 2 aromatic rings. The number of halogens is 2. The van der Waals surface area contributed by atoms with E-state index in [1.807, 2.05) is 0 Å². The van der Waals surface area contributed by atoms with E-state index in [0.29, 0.717) is 0 Å². The summed E-state index contributed by atoms with van der Waals surface area (Å²) in [5, 5.41) is 20.1. The number of aliphatic hydroxyl groups is 1. The Morgan fingerprint density at radius 3 is 2.43 bits per heavy atom. The first-order valence-electron chi connectivity index (χ1n) is 5.98. The Hall–Kier alpha value is -2.54. The summed E-state index contributed by atoms with van der Waals surface area (Å²) in [5.41, 5.74) is -0.262. The molecule has 0 aliphatic rings. The zero-order valence-electron chi connectivity index (χ0n) is 10.9. The summed E-state index contributed by atoms with van der Waals surface area (Å²) < 4.78 is 32.2. The van der Waals surface area contributed by atoms with E-state index in [4.69, 9.17) is 4.74 Å². The van der Waals surface area contributed by atoms with Crippen molar-refractivity contribution in [3.8, 4) is 11.5 Å². The van der Waals surface area contributed by atoms with Crippen LogP contribution in [0.1, 0.15) is 18.6 Å². The third-order valence-electron chi connectivity index (χ3n) is 2.77. The normalized spacial score (nSPS) is 12.0. The number of ether oxygens (including phenoxy) is 1. The maximum Gasteiger partial charge on any atom is 0.272 e. The Balaban J connectivity index is 2.36. The molecule has 0 amide bonds. The number of benzene rings is 2. The van der Waals surface area contributed by atoms with Gasteiger partial charge in [0.05, 0.1) is 17.1 Å². The Morgan fingerprint density at radius 1 is 1.19 bits per heavy atom. The van der Waals surface area contributed by atoms with Gasteiger partial charge in [0.25, 0.3) is 5.69 Å². The summed E-state index contributed by atoms with van der Waals surface area (Å²) in [5.74, 6) is -1.68. The molecule has 0 unspecified atom stereocenters. The number of aliphatic hydroxyl groups excluding tert-OH is 1. The molecule has 0 spiro atoms. The molecule has 21 heavy (non-hydrogen) atoms. The van der Waals surface area contributed by atoms with Gasteiger partial charge in [0, 0.05) is 11.6 Å². The van der Waals surface area contributed by atoms with E-state index < -0.39 is 28.3 Å². The number of rotatable bonds is 4. The Bertz CT molecular complexity index is 689. The molecule has 0 saturated heterocycles. The maximum atomic E-state index is 13.7. The van der Waals surface area contributed by atoms with E-state index in [1.165, 1.54) is 13.0 Å². The Morgan fingerprint density at radius 2 is 1.86 bits per heavy atom. The lowest BCUT2D eigenvalue weighted by Crippen LogP contribution is -1.98. The van der Waals surface area contributed by atoms with Crippen molar-refractivity contribution in [1.82, 2.24) is 0 Å². The number of non-ortho nitro benzene ring substituents is 1. The van der Waals surface area contributed by atoms with Gasteiger partial charge in [-0.1, -0.05) is 0 Å². The fourth-order valence-electron chi connectivity index (χ4n) is 1.74. The first-order valence-corrected chi connectivity index (χ1v) is 5.98. The number of nitro benzene ring substituents is 1. The molecule has 1 N–H and O–H groups in total. The molecular weight excluding hydrogens is 284 g/mol. The van der Waals surface area contributed by atoms with Gasteiger partial charge in [0.1, 0.15) is 11.6 Å². The fourth-order valence-corrected chi connectivity index (χ4v) is 1.74. The standard InChI is InChI=1S/C14H11F2NO4/c1-8(18)11-6-9(15)2-4-13(11)21-14-5-3-10(17(19)20)7-12(14)16/h2-8,18H,1H3/t8-/m1/s1. The molecule has 0 fully saturated rings. The topological polar surface area (TPSA) is 72.6 Å². The molecule has 0 aliphatic heterocycles. The molecule has 7 heteroatoms. The zero-order chi connectivity index (χ0) is 15.6. The molecule has 110 valence electrons. The van der Waals surface area contributed by atoms with Crippen LogP contribution in [-0.4, -0.2) is 10.0 Å². The van der Waals surface area contributed by atoms with E-state index in [-0.39, 0.29) is 17.1 Å². The molecule has 0 radical (unpaired) electrons. The number of hydrogen-bond donors (Lipinski definition) is 1. The lowest BCUT2D eigenvalue weighted by atomic mass is 10.1. The molecule has 2 aromatic carbocycles. The summed E-state index contributed by atoms with van der Waals surface area (Å²) in [6.45, 7) is 1.41. The highest BCUT2D eigenvalue weighted by atomic mass is 19.1. The first-order chi connectivity index (χ1) is 9.88. The van der Waals surface area contributed by atoms with Crippen LogP contribution in [0.2, 0.25) is 0 Å². The molecule has 1 atom stereocenters. The lowest BCUT2D eigenvalue weighted by Gasteiger charge is -2.13. The van der Waals surface area contributed by atoms with Gasteiger partial charge in [-0.3, -0.25) is 10.1 Å². The van der Waals surface area contributed by atoms with Gasteiger partial charge >= 0.3 is 0 Å². The van der Waals surface area contributed by atoms with Crippen molar-refractivity contribution in [2.24, 2.45) is 0 Å². The summed E-state index contributed by atoms with van der Waals surface area (Å²) in [4.78, 5) is 9.80. The highest BCUT2D eigenvalue weighted by Gasteiger charge is 2.16. The Labute approximate surface area is 118 Å². The third-order valence-corrected chi connectivity index (χ3v) is 2.77. The molecule has 2 rings (SSSR count). The SMILES string of the molecule is C[C@@H](O)c1cc(F)ccc1Oc1ccc([N+](=O)[O-])cc1F. The van der Waals surface area contributed by atoms with Crippen molar-refractivity contribution in [3.63, 3.8) is 0 Å². The van der Waals surface area contributed by atoms with E-state index in [2.05, 4.69) is 0 Å². The third kappa shape index (κ3) is 3.32. The van der Waals surface area contributed by atoms with E-state index in [1.54, 1.807) is 0 Å². The number of hydrogen-bond acceptors (Lipinski definition) is 4. The molecule has 0 aliphatic carbocycles. The molecule has 0 aromatic heterocycles. The van der Waals surface area contributed by atoms with Crippen molar-refractivity contribution in [2.75, 3.05) is 0 Å². The predicted molar refractivity (Wildman–Crippen MR) is 70.2 cm³/mol. The highest BCUT2D eigenvalue weighted by molar-refractivity contribution is 5.43. The van der Waals surface area contributed by atoms with Crippen molar-refractivity contribution in [2.45, 2.75) is 13.0 Å². The fraction of sp³-hybridized carbons (Fsp3) is 0.143. The van der Waals surface area contributed by atoms with Crippen LogP contribution in [0.3, 0.4) is 0 Å². The minimum atomic E-state index is -1.02. The largest absolute Gasteiger partial charge is 0.454 e. The predicted octanol–water partition coefficient (Wildman–Crippen LogP) is 3.72. The first kappa shape index (κ1) is 14.9. The summed E-state index contributed by atoms with van der Waals surface area (Å²) in [7, 11) is 0. The van der Waals surface area contributed by atoms with Crippen LogP contribution in [0, 0.1) is 21.7 Å². The van der Waals surface area contributed by atoms with Gasteiger partial charge in [-0.15, -0.1) is 0 Å². The van der Waals surface area contributed by atoms with Crippen molar-refractivity contribution in [1.29, 1.82) is 0 Å². The molecular formula is C14H11F2NO4. The van der Waals surface area contributed by atoms with E-state index in [9.17, 15) is 24.0 Å². The van der Waals surface area contributed by atoms with Crippen LogP contribution >= 0.6 is 0 Å². The van der Waals surface area contributed by atoms with Gasteiger partial charge < -0.3 is 9.84 Å². The van der Waals surface area contributed by atoms with Gasteiger partial charge in [-0.2, -0.15) is 0 Å². The van der Waals surface area contributed by atoms with Crippen LogP contribution < -0.4 is 4.74 Å². The van der Waals surface area contributed by atoms with Crippen LogP contribution in [0.4, 0.5) is 14.5 Å². The highest BCUT2D eigenvalue weighted by Crippen LogP contribution is 2.32. The number of nitrogens with zero attached hydrogens (tertiary/aromatic N) is 1. The van der Waals surface area contributed by atoms with E-state index in [0.717, 1.165) is 30.3 Å². The average Bonchev–Trinajstić information content (AvgIpc) is 2.42. The second-order valence-corrected chi connectivity index (χ2v) is 4.33. The second-order valence-electron chi connectivity index (χ2n) is 4.33. The monoisotopic (exact) mass is 295 g/mol. The van der Waals surface area contributed by atoms with Gasteiger partial charge in [0.2, 0.25) is 0 Å². The van der Waals surface area contributed by atoms with Crippen molar-refractivity contribution >= 4 is 5.69 Å². The van der Waals surface area contributed by atoms with Gasteiger partial charge in [-0.05, 0) is 31.2 Å². The zero-order valence-corrected chi connectivity index (χ0v) is 10.9. The van der Waals surface area contributed by atoms with Crippen molar-refractivity contribution in [3.05, 3.63) is 63.7 Å². The van der Waals surface area contributed by atoms with Crippen LogP contribution in [-0.2, 0) is 0 Å². The van der Waals surface area contributed by atoms with Crippen LogP contribution in [0.15, 0.2) is 36.4 Å². The van der Waals surface area contributed by atoms with Gasteiger partial charge in [0.15, 0.2) is 11.6 Å². The lowest BCUT2D eigenvalue weighted by molar-refractivity contribution is -0.385. The van der Waals surface area contributed by atoms with Crippen molar-refractivity contribution < 1.29 is 23.5 Å². The molecule has 0 bridgehead atoms. The molecule has 0 heterocycles. The average molecular weight is 295 g/mol. The summed E-state index contributed by atoms with van der Waals surface area (Å²) in [6.07, 6.45) is -1.02. The van der Waals surface area contributed by atoms with Crippen LogP contribution in [0.25, 0.3) is 0 Å². The molecule has 5 nitrogen and oxygen atoms in total. The number of nitro groups is 1. The van der Waals surface area contributed by atoms with Crippen LogP contribution in [0.5, 0.6) is 11.5 Å². The Kier molecular flexibility index (Phi) is 4.13. The second kappa shape index (κ2) is 5.84. The quantitative estimate of drug-likeness (QED) is 0.689. The summed E-state index contributed by atoms with van der Waals surface area (Å²) in [6, 6.07) is 6.33. The maximum absolute atomic E-state index is 13.7. The smallest absolute Gasteiger partial charge is 0.272 e. The van der Waals surface area contributed by atoms with Gasteiger partial charge in [-0.25, -0.2) is 8.78 Å². The minimum absolute atomic E-state index is 0.0687. The van der Waals surface area contributed by atoms with E-state index >= 15 is 0 Å². The minimum Gasteiger partial charge on any atom is -0.454 e.